The first kappa shape index (κ1) is 22.6. The van der Waals surface area contributed by atoms with Crippen LogP contribution in [0.25, 0.3) is 11.0 Å². The van der Waals surface area contributed by atoms with Crippen LogP contribution in [-0.2, 0) is 20.5 Å². The number of carbonyl (C=O) groups is 1. The number of hydrogen-bond acceptors (Lipinski definition) is 5. The van der Waals surface area contributed by atoms with E-state index in [1.54, 1.807) is 0 Å². The molecule has 8 heteroatoms. The molecule has 0 atom stereocenters. The molecule has 1 fully saturated rings. The van der Waals surface area contributed by atoms with E-state index in [9.17, 15) is 4.79 Å². The summed E-state index contributed by atoms with van der Waals surface area (Å²) in [6.45, 7) is 14.4. The molecule has 164 valence electrons. The normalized spacial score (nSPS) is 18.0. The SMILES string of the molecule is CC(C)(C)OC(=O)NCCCCc1nc2ccc(B3OC(C)(C)C(C)(C)O3)cc2[nH]1. The quantitative estimate of drug-likeness (QED) is 0.555. The van der Waals surface area contributed by atoms with Gasteiger partial charge >= 0.3 is 13.2 Å². The first-order chi connectivity index (χ1) is 13.9. The lowest BCUT2D eigenvalue weighted by atomic mass is 9.79. The number of imidazole rings is 1. The van der Waals surface area contributed by atoms with Crippen LogP contribution >= 0.6 is 0 Å². The van der Waals surface area contributed by atoms with Crippen LogP contribution < -0.4 is 10.8 Å². The number of unbranched alkanes of at least 4 members (excludes halogenated alkanes) is 1. The molecule has 2 N–H and O–H groups in total. The molecule has 2 aromatic rings. The Balaban J connectivity index is 1.52. The molecule has 30 heavy (non-hydrogen) atoms. The maximum Gasteiger partial charge on any atom is 0.494 e. The van der Waals surface area contributed by atoms with Gasteiger partial charge in [0.2, 0.25) is 0 Å². The number of alkyl carbamates (subject to hydrolysis) is 1. The molecule has 3 rings (SSSR count). The highest BCUT2D eigenvalue weighted by molar-refractivity contribution is 6.62. The van der Waals surface area contributed by atoms with Crippen molar-refractivity contribution in [3.8, 4) is 0 Å². The maximum absolute atomic E-state index is 11.7. The van der Waals surface area contributed by atoms with Crippen LogP contribution in [0.2, 0.25) is 0 Å². The van der Waals surface area contributed by atoms with Crippen LogP contribution in [0.5, 0.6) is 0 Å². The third-order valence-corrected chi connectivity index (χ3v) is 5.59. The number of aromatic amines is 1. The summed E-state index contributed by atoms with van der Waals surface area (Å²) >= 11 is 0. The third-order valence-electron chi connectivity index (χ3n) is 5.59. The van der Waals surface area contributed by atoms with Crippen molar-refractivity contribution in [3.05, 3.63) is 24.0 Å². The lowest BCUT2D eigenvalue weighted by Gasteiger charge is -2.32. The molecule has 0 radical (unpaired) electrons. The summed E-state index contributed by atoms with van der Waals surface area (Å²) in [6, 6.07) is 6.07. The molecule has 0 saturated carbocycles. The minimum atomic E-state index is -0.475. The van der Waals surface area contributed by atoms with Crippen molar-refractivity contribution >= 4 is 29.7 Å². The summed E-state index contributed by atoms with van der Waals surface area (Å²) in [5, 5.41) is 2.78. The van der Waals surface area contributed by atoms with Crippen molar-refractivity contribution < 1.29 is 18.8 Å². The molecule has 0 unspecified atom stereocenters. The van der Waals surface area contributed by atoms with Gasteiger partial charge in [0.1, 0.15) is 11.4 Å². The van der Waals surface area contributed by atoms with Gasteiger partial charge in [-0.1, -0.05) is 6.07 Å². The number of hydrogen-bond donors (Lipinski definition) is 2. The fourth-order valence-corrected chi connectivity index (χ4v) is 3.25. The molecule has 1 aliphatic heterocycles. The van der Waals surface area contributed by atoms with Crippen LogP contribution in [0.1, 0.15) is 67.1 Å². The lowest BCUT2D eigenvalue weighted by Crippen LogP contribution is -2.41. The molecule has 1 saturated heterocycles. The van der Waals surface area contributed by atoms with Crippen LogP contribution in [-0.4, -0.2) is 46.5 Å². The van der Waals surface area contributed by atoms with Crippen LogP contribution in [0.4, 0.5) is 4.79 Å². The molecule has 2 heterocycles. The molecule has 7 nitrogen and oxygen atoms in total. The van der Waals surface area contributed by atoms with Gasteiger partial charge < -0.3 is 24.3 Å². The van der Waals surface area contributed by atoms with Gasteiger partial charge in [-0.15, -0.1) is 0 Å². The van der Waals surface area contributed by atoms with E-state index < -0.39 is 5.60 Å². The number of ether oxygens (including phenoxy) is 1. The average molecular weight is 415 g/mol. The largest absolute Gasteiger partial charge is 0.494 e. The molecule has 1 amide bonds. The number of nitrogens with zero attached hydrogens (tertiary/aromatic N) is 1. The smallest absolute Gasteiger partial charge is 0.444 e. The fraction of sp³-hybridized carbons (Fsp3) is 0.636. The van der Waals surface area contributed by atoms with Gasteiger partial charge in [-0.05, 0) is 78.9 Å². The Hall–Kier alpha value is -2.06. The molecule has 1 aromatic heterocycles. The Kier molecular flexibility index (Phi) is 6.21. The summed E-state index contributed by atoms with van der Waals surface area (Å²) in [7, 11) is -0.384. The standard InChI is InChI=1S/C22H34BN3O4/c1-20(2,3)28-19(27)24-13-9-8-10-18-25-16-12-11-15(14-17(16)26-18)23-29-21(4,5)22(6,7)30-23/h11-12,14H,8-10,13H2,1-7H3,(H,24,27)(H,25,26). The minimum Gasteiger partial charge on any atom is -0.444 e. The van der Waals surface area contributed by atoms with Gasteiger partial charge in [0.15, 0.2) is 0 Å². The van der Waals surface area contributed by atoms with Gasteiger partial charge in [0.25, 0.3) is 0 Å². The predicted molar refractivity (Wildman–Crippen MR) is 119 cm³/mol. The predicted octanol–water partition coefficient (Wildman–Crippen LogP) is 3.71. The number of carbonyl (C=O) groups excluding carboxylic acids is 1. The molecule has 1 aliphatic rings. The first-order valence-electron chi connectivity index (χ1n) is 10.7. The second kappa shape index (κ2) is 8.23. The van der Waals surface area contributed by atoms with E-state index in [1.165, 1.54) is 0 Å². The summed E-state index contributed by atoms with van der Waals surface area (Å²) in [4.78, 5) is 19.7. The highest BCUT2D eigenvalue weighted by atomic mass is 16.7. The second-order valence-corrected chi connectivity index (χ2v) is 9.93. The zero-order chi connectivity index (χ0) is 22.2. The zero-order valence-electron chi connectivity index (χ0n) is 19.2. The summed E-state index contributed by atoms with van der Waals surface area (Å²) in [6.07, 6.45) is 2.22. The number of H-pyrrole nitrogens is 1. The minimum absolute atomic E-state index is 0.362. The molecular formula is C22H34BN3O4. The number of nitrogens with one attached hydrogen (secondary N) is 2. The number of amides is 1. The molecule has 0 aliphatic carbocycles. The summed E-state index contributed by atoms with van der Waals surface area (Å²) in [5.74, 6) is 0.938. The third kappa shape index (κ3) is 5.35. The van der Waals surface area contributed by atoms with E-state index in [0.29, 0.717) is 6.54 Å². The molecular weight excluding hydrogens is 381 g/mol. The van der Waals surface area contributed by atoms with Gasteiger partial charge in [0, 0.05) is 13.0 Å². The van der Waals surface area contributed by atoms with Crippen molar-refractivity contribution in [3.63, 3.8) is 0 Å². The van der Waals surface area contributed by atoms with E-state index in [1.807, 2.05) is 32.9 Å². The van der Waals surface area contributed by atoms with Crippen LogP contribution in [0, 0.1) is 0 Å². The summed E-state index contributed by atoms with van der Waals surface area (Å²) in [5.41, 5.74) is 1.69. The summed E-state index contributed by atoms with van der Waals surface area (Å²) < 4.78 is 17.5. The Morgan fingerprint density at radius 3 is 2.47 bits per heavy atom. The first-order valence-corrected chi connectivity index (χ1v) is 10.7. The Labute approximate surface area is 179 Å². The second-order valence-electron chi connectivity index (χ2n) is 9.93. The number of benzene rings is 1. The number of aromatic nitrogens is 2. The van der Waals surface area contributed by atoms with Crippen LogP contribution in [0.3, 0.4) is 0 Å². The number of rotatable bonds is 6. The van der Waals surface area contributed by atoms with Crippen molar-refractivity contribution in [2.24, 2.45) is 0 Å². The number of fused-ring (bicyclic) bond motifs is 1. The van der Waals surface area contributed by atoms with Gasteiger partial charge in [-0.2, -0.15) is 0 Å². The highest BCUT2D eigenvalue weighted by Crippen LogP contribution is 2.36. The van der Waals surface area contributed by atoms with E-state index in [0.717, 1.165) is 41.6 Å². The van der Waals surface area contributed by atoms with E-state index >= 15 is 0 Å². The molecule has 0 bridgehead atoms. The topological polar surface area (TPSA) is 85.5 Å². The van der Waals surface area contributed by atoms with E-state index in [4.69, 9.17) is 14.0 Å². The number of aryl methyl sites for hydroxylation is 1. The van der Waals surface area contributed by atoms with Crippen molar-refractivity contribution in [1.29, 1.82) is 0 Å². The Morgan fingerprint density at radius 2 is 1.83 bits per heavy atom. The van der Waals surface area contributed by atoms with E-state index in [-0.39, 0.29) is 24.4 Å². The van der Waals surface area contributed by atoms with Gasteiger partial charge in [-0.25, -0.2) is 9.78 Å². The lowest BCUT2D eigenvalue weighted by molar-refractivity contribution is 0.00578. The molecule has 1 aromatic carbocycles. The monoisotopic (exact) mass is 415 g/mol. The van der Waals surface area contributed by atoms with E-state index in [2.05, 4.69) is 49.0 Å². The van der Waals surface area contributed by atoms with Crippen molar-refractivity contribution in [2.45, 2.75) is 84.5 Å². The molecule has 0 spiro atoms. The fourth-order valence-electron chi connectivity index (χ4n) is 3.25. The highest BCUT2D eigenvalue weighted by Gasteiger charge is 2.51. The van der Waals surface area contributed by atoms with Crippen molar-refractivity contribution in [2.75, 3.05) is 6.54 Å². The Morgan fingerprint density at radius 1 is 1.17 bits per heavy atom. The zero-order valence-corrected chi connectivity index (χ0v) is 19.2. The average Bonchev–Trinajstić information content (AvgIpc) is 3.09. The Bertz CT molecular complexity index is 885. The van der Waals surface area contributed by atoms with Crippen LogP contribution in [0.15, 0.2) is 18.2 Å². The van der Waals surface area contributed by atoms with Gasteiger partial charge in [0.05, 0.1) is 22.2 Å². The van der Waals surface area contributed by atoms with Crippen molar-refractivity contribution in [1.82, 2.24) is 15.3 Å². The maximum atomic E-state index is 11.7. The van der Waals surface area contributed by atoms with Gasteiger partial charge in [-0.3, -0.25) is 0 Å².